The van der Waals surface area contributed by atoms with E-state index in [0.29, 0.717) is 5.92 Å². The topological polar surface area (TPSA) is 0 Å². The number of rotatable bonds is 3. The standard InChI is InChI=1S/C34H32/c1-6-21(2)23-13-7-8-14-24(23)29-20-31-30(19-22(29)3)32-27-17-11-9-15-25(27)26-16-10-12-18-28(26)33(32)34(31,4)5/h7-21H,6H2,1-5H3. The lowest BCUT2D eigenvalue weighted by atomic mass is 9.78. The lowest BCUT2D eigenvalue weighted by Crippen LogP contribution is -2.16. The van der Waals surface area contributed by atoms with Gasteiger partial charge in [-0.15, -0.1) is 0 Å². The van der Waals surface area contributed by atoms with Gasteiger partial charge in [0.25, 0.3) is 0 Å². The fourth-order valence-corrected chi connectivity index (χ4v) is 6.32. The minimum atomic E-state index is -0.0674. The predicted molar refractivity (Wildman–Crippen MR) is 148 cm³/mol. The Morgan fingerprint density at radius 1 is 0.676 bits per heavy atom. The van der Waals surface area contributed by atoms with Crippen LogP contribution in [0.3, 0.4) is 0 Å². The van der Waals surface area contributed by atoms with Gasteiger partial charge in [-0.25, -0.2) is 0 Å². The van der Waals surface area contributed by atoms with E-state index >= 15 is 0 Å². The average molecular weight is 441 g/mol. The third-order valence-electron chi connectivity index (χ3n) is 8.26. The largest absolute Gasteiger partial charge is 0.0648 e. The summed E-state index contributed by atoms with van der Waals surface area (Å²) < 4.78 is 0. The highest BCUT2D eigenvalue weighted by atomic mass is 14.4. The summed E-state index contributed by atoms with van der Waals surface area (Å²) in [6.07, 6.45) is 1.15. The van der Waals surface area contributed by atoms with Crippen molar-refractivity contribution in [2.75, 3.05) is 0 Å². The molecule has 0 radical (unpaired) electrons. The smallest absolute Gasteiger partial charge is 0.0165 e. The Labute approximate surface area is 203 Å². The number of fused-ring (bicyclic) bond motifs is 8. The van der Waals surface area contributed by atoms with Crippen molar-refractivity contribution in [1.29, 1.82) is 0 Å². The summed E-state index contributed by atoms with van der Waals surface area (Å²) in [5.74, 6) is 0.543. The van der Waals surface area contributed by atoms with Gasteiger partial charge < -0.3 is 0 Å². The van der Waals surface area contributed by atoms with Crippen molar-refractivity contribution < 1.29 is 0 Å². The number of hydrogen-bond acceptors (Lipinski definition) is 0. The van der Waals surface area contributed by atoms with Crippen LogP contribution >= 0.6 is 0 Å². The Morgan fingerprint density at radius 3 is 1.97 bits per heavy atom. The van der Waals surface area contributed by atoms with Crippen LogP contribution in [0.1, 0.15) is 62.3 Å². The van der Waals surface area contributed by atoms with Crippen LogP contribution in [-0.2, 0) is 5.41 Å². The minimum Gasteiger partial charge on any atom is -0.0648 e. The van der Waals surface area contributed by atoms with E-state index in [-0.39, 0.29) is 5.41 Å². The molecule has 0 heteroatoms. The van der Waals surface area contributed by atoms with Crippen molar-refractivity contribution in [3.63, 3.8) is 0 Å². The van der Waals surface area contributed by atoms with Gasteiger partial charge in [0, 0.05) is 5.41 Å². The van der Waals surface area contributed by atoms with E-state index in [1.165, 1.54) is 66.1 Å². The maximum Gasteiger partial charge on any atom is 0.0165 e. The lowest BCUT2D eigenvalue weighted by Gasteiger charge is -2.25. The van der Waals surface area contributed by atoms with Crippen LogP contribution in [-0.4, -0.2) is 0 Å². The molecule has 0 spiro atoms. The fourth-order valence-electron chi connectivity index (χ4n) is 6.32. The summed E-state index contributed by atoms with van der Waals surface area (Å²) in [7, 11) is 0. The van der Waals surface area contributed by atoms with Crippen molar-refractivity contribution in [2.45, 2.75) is 52.4 Å². The average Bonchev–Trinajstić information content (AvgIpc) is 3.09. The van der Waals surface area contributed by atoms with E-state index in [1.807, 2.05) is 0 Å². The molecule has 5 aromatic rings. The number of benzene rings is 5. The predicted octanol–water partition coefficient (Wildman–Crippen LogP) is 9.79. The first-order chi connectivity index (χ1) is 16.4. The second kappa shape index (κ2) is 7.57. The zero-order valence-corrected chi connectivity index (χ0v) is 20.9. The molecule has 0 amide bonds. The third kappa shape index (κ3) is 2.84. The normalized spacial score (nSPS) is 14.9. The molecule has 0 saturated heterocycles. The Kier molecular flexibility index (Phi) is 4.71. The van der Waals surface area contributed by atoms with Gasteiger partial charge >= 0.3 is 0 Å². The van der Waals surface area contributed by atoms with Gasteiger partial charge in [0.1, 0.15) is 0 Å². The van der Waals surface area contributed by atoms with E-state index < -0.39 is 0 Å². The van der Waals surface area contributed by atoms with Crippen LogP contribution in [0, 0.1) is 6.92 Å². The van der Waals surface area contributed by atoms with Crippen LogP contribution in [0.2, 0.25) is 0 Å². The molecule has 0 nitrogen and oxygen atoms in total. The highest BCUT2D eigenvalue weighted by molar-refractivity contribution is 6.18. The van der Waals surface area contributed by atoms with Crippen LogP contribution in [0.5, 0.6) is 0 Å². The Hall–Kier alpha value is -3.38. The SMILES string of the molecule is CCC(C)c1ccccc1-c1cc2c(cc1C)-c1c(c3ccccc3c3ccccc13)C2(C)C. The van der Waals surface area contributed by atoms with Gasteiger partial charge in [-0.1, -0.05) is 107 Å². The molecule has 34 heavy (non-hydrogen) atoms. The van der Waals surface area contributed by atoms with Crippen molar-refractivity contribution in [3.05, 3.63) is 107 Å². The number of aryl methyl sites for hydroxylation is 1. The third-order valence-corrected chi connectivity index (χ3v) is 8.26. The summed E-state index contributed by atoms with van der Waals surface area (Å²) >= 11 is 0. The van der Waals surface area contributed by atoms with E-state index in [2.05, 4.69) is 120 Å². The summed E-state index contributed by atoms with van der Waals surface area (Å²) in [5.41, 5.74) is 11.3. The van der Waals surface area contributed by atoms with Gasteiger partial charge in [0.15, 0.2) is 0 Å². The quantitative estimate of drug-likeness (QED) is 0.245. The molecule has 1 unspecified atom stereocenters. The molecule has 0 heterocycles. The van der Waals surface area contributed by atoms with Crippen molar-refractivity contribution in [1.82, 2.24) is 0 Å². The van der Waals surface area contributed by atoms with Crippen molar-refractivity contribution in [2.24, 2.45) is 0 Å². The van der Waals surface area contributed by atoms with E-state index in [0.717, 1.165) is 6.42 Å². The molecular formula is C34H32. The molecular weight excluding hydrogens is 408 g/mol. The van der Waals surface area contributed by atoms with Crippen LogP contribution < -0.4 is 0 Å². The molecule has 0 N–H and O–H groups in total. The Balaban J connectivity index is 1.70. The van der Waals surface area contributed by atoms with Gasteiger partial charge in [-0.3, -0.25) is 0 Å². The molecule has 6 rings (SSSR count). The molecule has 168 valence electrons. The van der Waals surface area contributed by atoms with E-state index in [4.69, 9.17) is 0 Å². The lowest BCUT2D eigenvalue weighted by molar-refractivity contribution is 0.666. The van der Waals surface area contributed by atoms with E-state index in [9.17, 15) is 0 Å². The summed E-state index contributed by atoms with van der Waals surface area (Å²) in [6.45, 7) is 11.8. The first kappa shape index (κ1) is 21.2. The zero-order chi connectivity index (χ0) is 23.6. The molecule has 0 aliphatic heterocycles. The molecule has 0 aromatic heterocycles. The van der Waals surface area contributed by atoms with Crippen LogP contribution in [0.15, 0.2) is 84.9 Å². The number of hydrogen-bond donors (Lipinski definition) is 0. The highest BCUT2D eigenvalue weighted by Gasteiger charge is 2.39. The summed E-state index contributed by atoms with van der Waals surface area (Å²) in [5, 5.41) is 5.47. The van der Waals surface area contributed by atoms with Crippen LogP contribution in [0.4, 0.5) is 0 Å². The molecule has 1 atom stereocenters. The molecule has 1 aliphatic carbocycles. The Morgan fingerprint density at radius 2 is 1.26 bits per heavy atom. The molecule has 0 bridgehead atoms. The minimum absolute atomic E-state index is 0.0674. The zero-order valence-electron chi connectivity index (χ0n) is 20.9. The highest BCUT2D eigenvalue weighted by Crippen LogP contribution is 2.55. The van der Waals surface area contributed by atoms with Gasteiger partial charge in [0.2, 0.25) is 0 Å². The molecule has 0 saturated carbocycles. The molecule has 1 aliphatic rings. The first-order valence-corrected chi connectivity index (χ1v) is 12.6. The summed E-state index contributed by atoms with van der Waals surface area (Å²) in [6, 6.07) is 31.9. The van der Waals surface area contributed by atoms with Gasteiger partial charge in [0.05, 0.1) is 0 Å². The maximum atomic E-state index is 2.51. The second-order valence-electron chi connectivity index (χ2n) is 10.6. The summed E-state index contributed by atoms with van der Waals surface area (Å²) in [4.78, 5) is 0. The molecule has 5 aromatic carbocycles. The first-order valence-electron chi connectivity index (χ1n) is 12.6. The second-order valence-corrected chi connectivity index (χ2v) is 10.6. The maximum absolute atomic E-state index is 2.51. The van der Waals surface area contributed by atoms with Gasteiger partial charge in [-0.2, -0.15) is 0 Å². The molecule has 0 fully saturated rings. The van der Waals surface area contributed by atoms with Crippen LogP contribution in [0.25, 0.3) is 43.8 Å². The fraction of sp³-hybridized carbons (Fsp3) is 0.235. The van der Waals surface area contributed by atoms with Gasteiger partial charge in [-0.05, 0) is 91.4 Å². The monoisotopic (exact) mass is 440 g/mol. The van der Waals surface area contributed by atoms with E-state index in [1.54, 1.807) is 0 Å². The van der Waals surface area contributed by atoms with Crippen molar-refractivity contribution >= 4 is 21.5 Å². The van der Waals surface area contributed by atoms with Crippen molar-refractivity contribution in [3.8, 4) is 22.3 Å². The Bertz CT molecular complexity index is 1580.